The summed E-state index contributed by atoms with van der Waals surface area (Å²) in [6, 6.07) is 18.6. The molecule has 0 unspecified atom stereocenters. The van der Waals surface area contributed by atoms with Gasteiger partial charge in [-0.25, -0.2) is 4.98 Å². The van der Waals surface area contributed by atoms with Gasteiger partial charge in [-0.3, -0.25) is 10.1 Å². The maximum Gasteiger partial charge on any atom is 0.258 e. The van der Waals surface area contributed by atoms with Gasteiger partial charge >= 0.3 is 0 Å². The van der Waals surface area contributed by atoms with Crippen LogP contribution < -0.4 is 10.6 Å². The molecular formula is C22H15Cl2N3OS2. The Morgan fingerprint density at radius 1 is 1.07 bits per heavy atom. The molecule has 30 heavy (non-hydrogen) atoms. The van der Waals surface area contributed by atoms with Crippen molar-refractivity contribution in [1.82, 2.24) is 10.3 Å². The zero-order chi connectivity index (χ0) is 21.3. The number of fused-ring (bicyclic) bond motifs is 1. The Balaban J connectivity index is 1.54. The molecule has 2 N–H and O–H groups in total. The molecular weight excluding hydrogens is 457 g/mol. The third-order valence-electron chi connectivity index (χ3n) is 4.51. The molecule has 4 nitrogen and oxygen atoms in total. The van der Waals surface area contributed by atoms with Gasteiger partial charge in [-0.15, -0.1) is 11.3 Å². The van der Waals surface area contributed by atoms with E-state index in [4.69, 9.17) is 40.4 Å². The molecule has 0 saturated carbocycles. The number of nitrogens with one attached hydrogen (secondary N) is 2. The fourth-order valence-corrected chi connectivity index (χ4v) is 4.73. The van der Waals surface area contributed by atoms with Gasteiger partial charge < -0.3 is 5.32 Å². The van der Waals surface area contributed by atoms with Crippen molar-refractivity contribution in [1.29, 1.82) is 0 Å². The first-order chi connectivity index (χ1) is 14.4. The topological polar surface area (TPSA) is 54.0 Å². The van der Waals surface area contributed by atoms with E-state index in [0.717, 1.165) is 32.0 Å². The maximum atomic E-state index is 12.5. The summed E-state index contributed by atoms with van der Waals surface area (Å²) in [5.74, 6) is -0.408. The van der Waals surface area contributed by atoms with Crippen LogP contribution in [0.15, 0.2) is 60.7 Å². The van der Waals surface area contributed by atoms with Crippen LogP contribution in [0.1, 0.15) is 15.9 Å². The van der Waals surface area contributed by atoms with Gasteiger partial charge in [0.1, 0.15) is 5.01 Å². The average molecular weight is 472 g/mol. The number of carbonyl (C=O) groups is 1. The number of halogens is 2. The molecule has 0 radical (unpaired) electrons. The fourth-order valence-electron chi connectivity index (χ4n) is 2.99. The first-order valence-corrected chi connectivity index (χ1v) is 10.9. The van der Waals surface area contributed by atoms with Crippen molar-refractivity contribution in [3.05, 3.63) is 81.8 Å². The third kappa shape index (κ3) is 4.32. The molecule has 0 saturated heterocycles. The molecule has 0 spiro atoms. The van der Waals surface area contributed by atoms with Crippen LogP contribution in [0.4, 0.5) is 5.69 Å². The molecule has 0 fully saturated rings. The third-order valence-corrected chi connectivity index (χ3v) is 6.33. The fraction of sp³-hybridized carbons (Fsp3) is 0.0455. The molecule has 0 bridgehead atoms. The molecule has 3 aromatic carbocycles. The number of hydrogen-bond donors (Lipinski definition) is 2. The summed E-state index contributed by atoms with van der Waals surface area (Å²) in [6.07, 6.45) is 0. The minimum absolute atomic E-state index is 0.176. The second-order valence-electron chi connectivity index (χ2n) is 6.50. The number of carbonyl (C=O) groups excluding carboxylic acids is 1. The summed E-state index contributed by atoms with van der Waals surface area (Å²) in [6.45, 7) is 1.99. The van der Waals surface area contributed by atoms with E-state index in [1.54, 1.807) is 23.5 Å². The van der Waals surface area contributed by atoms with Crippen LogP contribution in [0.2, 0.25) is 10.0 Å². The molecule has 0 aliphatic rings. The Morgan fingerprint density at radius 3 is 2.63 bits per heavy atom. The highest BCUT2D eigenvalue weighted by molar-refractivity contribution is 7.80. The summed E-state index contributed by atoms with van der Waals surface area (Å²) in [4.78, 5) is 17.2. The van der Waals surface area contributed by atoms with Gasteiger partial charge in [-0.1, -0.05) is 47.5 Å². The van der Waals surface area contributed by atoms with Gasteiger partial charge in [0.15, 0.2) is 5.11 Å². The van der Waals surface area contributed by atoms with Gasteiger partial charge in [0.05, 0.1) is 20.8 Å². The molecule has 150 valence electrons. The van der Waals surface area contributed by atoms with E-state index in [2.05, 4.69) is 16.7 Å². The van der Waals surface area contributed by atoms with Gasteiger partial charge in [0, 0.05) is 16.3 Å². The number of benzene rings is 3. The second-order valence-corrected chi connectivity index (χ2v) is 8.78. The van der Waals surface area contributed by atoms with Crippen molar-refractivity contribution >= 4 is 73.7 Å². The highest BCUT2D eigenvalue weighted by atomic mass is 35.5. The Hall–Kier alpha value is -2.51. The van der Waals surface area contributed by atoms with Crippen molar-refractivity contribution < 1.29 is 4.79 Å². The van der Waals surface area contributed by atoms with Crippen molar-refractivity contribution in [3.63, 3.8) is 0 Å². The number of anilines is 1. The van der Waals surface area contributed by atoms with Crippen molar-refractivity contribution in [2.45, 2.75) is 6.92 Å². The lowest BCUT2D eigenvalue weighted by Gasteiger charge is -2.14. The SMILES string of the molecule is Cc1c(NC(=S)NC(=O)c2ccc(Cl)cc2Cl)cccc1-c1nc2ccccc2s1. The smallest absolute Gasteiger partial charge is 0.258 e. The summed E-state index contributed by atoms with van der Waals surface area (Å²) in [7, 11) is 0. The van der Waals surface area contributed by atoms with Gasteiger partial charge in [-0.05, 0) is 61.1 Å². The molecule has 1 heterocycles. The van der Waals surface area contributed by atoms with E-state index in [1.807, 2.05) is 43.3 Å². The molecule has 0 aliphatic heterocycles. The number of thiazole rings is 1. The number of thiocarbonyl (C=S) groups is 1. The number of hydrogen-bond acceptors (Lipinski definition) is 4. The zero-order valence-electron chi connectivity index (χ0n) is 15.7. The molecule has 4 rings (SSSR count). The van der Waals surface area contributed by atoms with E-state index >= 15 is 0 Å². The number of para-hydroxylation sites is 1. The Labute approximate surface area is 192 Å². The highest BCUT2D eigenvalue weighted by Gasteiger charge is 2.15. The quantitative estimate of drug-likeness (QED) is 0.326. The monoisotopic (exact) mass is 471 g/mol. The second kappa shape index (κ2) is 8.70. The van der Waals surface area contributed by atoms with E-state index in [-0.39, 0.29) is 10.1 Å². The molecule has 4 aromatic rings. The van der Waals surface area contributed by atoms with Crippen LogP contribution in [-0.4, -0.2) is 16.0 Å². The van der Waals surface area contributed by atoms with Crippen molar-refractivity contribution in [2.24, 2.45) is 0 Å². The summed E-state index contributed by atoms with van der Waals surface area (Å²) in [5.41, 5.74) is 4.05. The molecule has 1 aromatic heterocycles. The first-order valence-electron chi connectivity index (χ1n) is 8.95. The summed E-state index contributed by atoms with van der Waals surface area (Å²) >= 11 is 18.9. The van der Waals surface area contributed by atoms with Crippen molar-refractivity contribution in [3.8, 4) is 10.6 Å². The largest absolute Gasteiger partial charge is 0.332 e. The Kier molecular flexibility index (Phi) is 6.01. The number of aromatic nitrogens is 1. The highest BCUT2D eigenvalue weighted by Crippen LogP contribution is 2.34. The molecule has 8 heteroatoms. The predicted molar refractivity (Wildman–Crippen MR) is 130 cm³/mol. The van der Waals surface area contributed by atoms with Crippen molar-refractivity contribution in [2.75, 3.05) is 5.32 Å². The van der Waals surface area contributed by atoms with Crippen LogP contribution >= 0.6 is 46.8 Å². The van der Waals surface area contributed by atoms with E-state index < -0.39 is 5.91 Å². The predicted octanol–water partition coefficient (Wildman–Crippen LogP) is 6.71. The van der Waals surface area contributed by atoms with Crippen LogP contribution in [0.3, 0.4) is 0 Å². The van der Waals surface area contributed by atoms with Gasteiger partial charge in [0.25, 0.3) is 5.91 Å². The van der Waals surface area contributed by atoms with Crippen LogP contribution in [0, 0.1) is 6.92 Å². The van der Waals surface area contributed by atoms with E-state index in [1.165, 1.54) is 6.07 Å². The Morgan fingerprint density at radius 2 is 1.87 bits per heavy atom. The average Bonchev–Trinajstić information content (AvgIpc) is 3.13. The number of amides is 1. The van der Waals surface area contributed by atoms with E-state index in [9.17, 15) is 4.79 Å². The van der Waals surface area contributed by atoms with Crippen LogP contribution in [0.25, 0.3) is 20.8 Å². The summed E-state index contributed by atoms with van der Waals surface area (Å²) in [5, 5.41) is 7.57. The van der Waals surface area contributed by atoms with Gasteiger partial charge in [-0.2, -0.15) is 0 Å². The van der Waals surface area contributed by atoms with Crippen LogP contribution in [0.5, 0.6) is 0 Å². The van der Waals surface area contributed by atoms with Crippen LogP contribution in [-0.2, 0) is 0 Å². The maximum absolute atomic E-state index is 12.5. The normalized spacial score (nSPS) is 10.8. The lowest BCUT2D eigenvalue weighted by Crippen LogP contribution is -2.34. The standard InChI is InChI=1S/C22H15Cl2N3OS2/c1-12-14(21-25-18-6-2-3-8-19(18)30-21)5-4-7-17(12)26-22(29)27-20(28)15-10-9-13(23)11-16(15)24/h2-11H,1H3,(H2,26,27,28,29). The van der Waals surface area contributed by atoms with Gasteiger partial charge in [0.2, 0.25) is 0 Å². The number of nitrogens with zero attached hydrogens (tertiary/aromatic N) is 1. The lowest BCUT2D eigenvalue weighted by atomic mass is 10.1. The van der Waals surface area contributed by atoms with E-state index in [0.29, 0.717) is 10.6 Å². The minimum atomic E-state index is -0.408. The zero-order valence-corrected chi connectivity index (χ0v) is 18.8. The number of rotatable bonds is 3. The Bertz CT molecular complexity index is 1250. The molecule has 0 atom stereocenters. The first kappa shape index (κ1) is 20.8. The summed E-state index contributed by atoms with van der Waals surface area (Å²) < 4.78 is 1.13. The minimum Gasteiger partial charge on any atom is -0.332 e. The molecule has 0 aliphatic carbocycles. The molecule has 1 amide bonds. The lowest BCUT2D eigenvalue weighted by molar-refractivity contribution is 0.0978.